The predicted octanol–water partition coefficient (Wildman–Crippen LogP) is 1.02. The van der Waals surface area contributed by atoms with E-state index in [9.17, 15) is 4.79 Å². The summed E-state index contributed by atoms with van der Waals surface area (Å²) in [6, 6.07) is 0. The summed E-state index contributed by atoms with van der Waals surface area (Å²) in [5.74, 6) is 0.559. The van der Waals surface area contributed by atoms with Crippen LogP contribution in [0.1, 0.15) is 33.6 Å². The Morgan fingerprint density at radius 1 is 1.19 bits per heavy atom. The van der Waals surface area contributed by atoms with Gasteiger partial charge in [0.15, 0.2) is 5.11 Å². The van der Waals surface area contributed by atoms with Crippen LogP contribution in [0.15, 0.2) is 0 Å². The van der Waals surface area contributed by atoms with Crippen molar-refractivity contribution in [3.63, 3.8) is 0 Å². The van der Waals surface area contributed by atoms with Crippen molar-refractivity contribution in [1.29, 1.82) is 0 Å². The lowest BCUT2D eigenvalue weighted by atomic mass is 10.2. The third-order valence-electron chi connectivity index (χ3n) is 1.88. The number of amides is 1. The van der Waals surface area contributed by atoms with Gasteiger partial charge in [-0.05, 0) is 24.6 Å². The monoisotopic (exact) mass is 245 g/mol. The summed E-state index contributed by atoms with van der Waals surface area (Å²) in [7, 11) is 0. The van der Waals surface area contributed by atoms with Crippen LogP contribution in [0, 0.1) is 5.92 Å². The van der Waals surface area contributed by atoms with Crippen molar-refractivity contribution in [2.24, 2.45) is 5.92 Å². The Kier molecular flexibility index (Phi) is 8.90. The maximum absolute atomic E-state index is 11.3. The second kappa shape index (κ2) is 9.39. The Morgan fingerprint density at radius 3 is 2.38 bits per heavy atom. The zero-order valence-electron chi connectivity index (χ0n) is 10.4. The number of nitrogens with one attached hydrogen (secondary N) is 3. The number of carbonyl (C=O) groups is 1. The topological polar surface area (TPSA) is 53.2 Å². The number of carbonyl (C=O) groups excluding carboxylic acids is 1. The van der Waals surface area contributed by atoms with Crippen LogP contribution in [0.4, 0.5) is 0 Å². The Bertz CT molecular complexity index is 219. The van der Waals surface area contributed by atoms with E-state index in [1.807, 2.05) is 0 Å². The fraction of sp³-hybridized carbons (Fsp3) is 0.818. The Labute approximate surface area is 104 Å². The minimum atomic E-state index is 0.0690. The van der Waals surface area contributed by atoms with Crippen molar-refractivity contribution in [2.45, 2.75) is 33.6 Å². The average molecular weight is 245 g/mol. The van der Waals surface area contributed by atoms with Gasteiger partial charge in [-0.1, -0.05) is 20.8 Å². The summed E-state index contributed by atoms with van der Waals surface area (Å²) in [6.07, 6.45) is 1.50. The highest BCUT2D eigenvalue weighted by Crippen LogP contribution is 1.87. The molecule has 0 spiro atoms. The van der Waals surface area contributed by atoms with E-state index < -0.39 is 0 Å². The number of thiocarbonyl (C=S) groups is 1. The minimum absolute atomic E-state index is 0.0690. The van der Waals surface area contributed by atoms with E-state index in [0.717, 1.165) is 19.5 Å². The highest BCUT2D eigenvalue weighted by atomic mass is 32.1. The Balaban J connectivity index is 3.43. The molecule has 0 aromatic heterocycles. The molecule has 16 heavy (non-hydrogen) atoms. The van der Waals surface area contributed by atoms with Gasteiger partial charge in [0.05, 0.1) is 0 Å². The fourth-order valence-electron chi connectivity index (χ4n) is 0.997. The first-order chi connectivity index (χ1) is 7.56. The van der Waals surface area contributed by atoms with E-state index >= 15 is 0 Å². The van der Waals surface area contributed by atoms with Crippen molar-refractivity contribution in [3.05, 3.63) is 0 Å². The first kappa shape index (κ1) is 15.2. The standard InChI is InChI=1S/C11H23N3OS/c1-4-6-12-11(16)13-7-5-10(15)14-8-9(2)3/h9H,4-8H2,1-3H3,(H,14,15)(H2,12,13,16). The van der Waals surface area contributed by atoms with Crippen LogP contribution in [-0.2, 0) is 4.79 Å². The average Bonchev–Trinajstić information content (AvgIpc) is 2.23. The van der Waals surface area contributed by atoms with Crippen molar-refractivity contribution < 1.29 is 4.79 Å². The van der Waals surface area contributed by atoms with Gasteiger partial charge < -0.3 is 16.0 Å². The molecule has 0 saturated heterocycles. The van der Waals surface area contributed by atoms with Crippen LogP contribution in [0.5, 0.6) is 0 Å². The van der Waals surface area contributed by atoms with E-state index in [1.165, 1.54) is 0 Å². The van der Waals surface area contributed by atoms with Crippen LogP contribution in [0.2, 0.25) is 0 Å². The maximum atomic E-state index is 11.3. The summed E-state index contributed by atoms with van der Waals surface area (Å²) < 4.78 is 0. The van der Waals surface area contributed by atoms with E-state index in [1.54, 1.807) is 0 Å². The normalized spacial score (nSPS) is 10.0. The van der Waals surface area contributed by atoms with Crippen LogP contribution >= 0.6 is 12.2 Å². The molecule has 0 aromatic rings. The molecule has 0 radical (unpaired) electrons. The van der Waals surface area contributed by atoms with Crippen LogP contribution < -0.4 is 16.0 Å². The molecule has 0 aliphatic carbocycles. The van der Waals surface area contributed by atoms with E-state index in [2.05, 4.69) is 36.7 Å². The van der Waals surface area contributed by atoms with E-state index in [-0.39, 0.29) is 5.91 Å². The molecule has 0 heterocycles. The first-order valence-corrected chi connectivity index (χ1v) is 6.25. The van der Waals surface area contributed by atoms with Gasteiger partial charge in [-0.25, -0.2) is 0 Å². The number of rotatable bonds is 7. The lowest BCUT2D eigenvalue weighted by molar-refractivity contribution is -0.121. The largest absolute Gasteiger partial charge is 0.363 e. The van der Waals surface area contributed by atoms with Gasteiger partial charge in [0, 0.05) is 26.1 Å². The van der Waals surface area contributed by atoms with Gasteiger partial charge in [-0.3, -0.25) is 4.79 Å². The lowest BCUT2D eigenvalue weighted by Gasteiger charge is -2.10. The van der Waals surface area contributed by atoms with Crippen molar-refractivity contribution in [3.8, 4) is 0 Å². The fourth-order valence-corrected chi connectivity index (χ4v) is 1.20. The van der Waals surface area contributed by atoms with E-state index in [0.29, 0.717) is 24.0 Å². The molecule has 0 bridgehead atoms. The number of hydrogen-bond acceptors (Lipinski definition) is 2. The highest BCUT2D eigenvalue weighted by molar-refractivity contribution is 7.80. The molecule has 3 N–H and O–H groups in total. The third kappa shape index (κ3) is 9.71. The molecule has 0 unspecified atom stereocenters. The minimum Gasteiger partial charge on any atom is -0.363 e. The lowest BCUT2D eigenvalue weighted by Crippen LogP contribution is -2.38. The molecular formula is C11H23N3OS. The van der Waals surface area contributed by atoms with Gasteiger partial charge in [-0.15, -0.1) is 0 Å². The molecule has 0 aliphatic rings. The summed E-state index contributed by atoms with van der Waals surface area (Å²) in [6.45, 7) is 8.40. The smallest absolute Gasteiger partial charge is 0.221 e. The molecule has 5 heteroatoms. The van der Waals surface area contributed by atoms with Gasteiger partial charge >= 0.3 is 0 Å². The van der Waals surface area contributed by atoms with Gasteiger partial charge in [-0.2, -0.15) is 0 Å². The van der Waals surface area contributed by atoms with Crippen molar-refractivity contribution in [1.82, 2.24) is 16.0 Å². The molecule has 4 nitrogen and oxygen atoms in total. The first-order valence-electron chi connectivity index (χ1n) is 5.84. The summed E-state index contributed by atoms with van der Waals surface area (Å²) in [5, 5.41) is 9.52. The SMILES string of the molecule is CCCNC(=S)NCCC(=O)NCC(C)C. The molecule has 0 aliphatic heterocycles. The van der Waals surface area contributed by atoms with Gasteiger partial charge in [0.1, 0.15) is 0 Å². The Morgan fingerprint density at radius 2 is 1.81 bits per heavy atom. The van der Waals surface area contributed by atoms with Crippen molar-refractivity contribution in [2.75, 3.05) is 19.6 Å². The summed E-state index contributed by atoms with van der Waals surface area (Å²) in [5.41, 5.74) is 0. The molecule has 94 valence electrons. The van der Waals surface area contributed by atoms with Crippen molar-refractivity contribution >= 4 is 23.2 Å². The summed E-state index contributed by atoms with van der Waals surface area (Å²) >= 11 is 5.02. The molecule has 0 fully saturated rings. The van der Waals surface area contributed by atoms with Gasteiger partial charge in [0.2, 0.25) is 5.91 Å². The molecule has 0 saturated carbocycles. The van der Waals surface area contributed by atoms with Crippen LogP contribution in [0.3, 0.4) is 0 Å². The second-order valence-corrected chi connectivity index (χ2v) is 4.54. The Hall–Kier alpha value is -0.840. The molecular weight excluding hydrogens is 222 g/mol. The molecule has 0 atom stereocenters. The summed E-state index contributed by atoms with van der Waals surface area (Å²) in [4.78, 5) is 11.3. The quantitative estimate of drug-likeness (QED) is 0.586. The zero-order valence-corrected chi connectivity index (χ0v) is 11.2. The van der Waals surface area contributed by atoms with E-state index in [4.69, 9.17) is 12.2 Å². The highest BCUT2D eigenvalue weighted by Gasteiger charge is 2.02. The van der Waals surface area contributed by atoms with Crippen LogP contribution in [0.25, 0.3) is 0 Å². The molecule has 0 aromatic carbocycles. The third-order valence-corrected chi connectivity index (χ3v) is 2.17. The predicted molar refractivity (Wildman–Crippen MR) is 71.4 cm³/mol. The van der Waals surface area contributed by atoms with Gasteiger partial charge in [0.25, 0.3) is 0 Å². The molecule has 1 amide bonds. The number of hydrogen-bond donors (Lipinski definition) is 3. The molecule has 0 rings (SSSR count). The van der Waals surface area contributed by atoms with Crippen LogP contribution in [-0.4, -0.2) is 30.7 Å². The zero-order chi connectivity index (χ0) is 12.4. The second-order valence-electron chi connectivity index (χ2n) is 4.13. The maximum Gasteiger partial charge on any atom is 0.221 e.